The van der Waals surface area contributed by atoms with Crippen LogP contribution in [0, 0.1) is 17.8 Å². The van der Waals surface area contributed by atoms with E-state index in [1.54, 1.807) is 0 Å². The number of nitrogens with one attached hydrogen (secondary N) is 1. The lowest BCUT2D eigenvalue weighted by Gasteiger charge is -2.44. The molecule has 0 aromatic heterocycles. The predicted octanol–water partition coefficient (Wildman–Crippen LogP) is 3.64. The van der Waals surface area contributed by atoms with Crippen LogP contribution in [-0.2, 0) is 20.7 Å². The lowest BCUT2D eigenvalue weighted by Crippen LogP contribution is -2.57. The van der Waals surface area contributed by atoms with Gasteiger partial charge in [-0.05, 0) is 43.7 Å². The first kappa shape index (κ1) is 25.4. The molecular weight excluding hydrogens is 442 g/mol. The van der Waals surface area contributed by atoms with E-state index >= 15 is 0 Å². The number of carbonyl (C=O) groups is 2. The van der Waals surface area contributed by atoms with Crippen LogP contribution in [0.5, 0.6) is 0 Å². The largest absolute Gasteiger partial charge is 0.440 e. The van der Waals surface area contributed by atoms with Crippen LogP contribution in [0.3, 0.4) is 0 Å². The number of aliphatic hydroxyl groups is 2. The molecule has 1 aliphatic carbocycles. The van der Waals surface area contributed by atoms with Crippen molar-refractivity contribution < 1.29 is 24.5 Å². The highest BCUT2D eigenvalue weighted by molar-refractivity contribution is 5.98. The average molecular weight is 480 g/mol. The van der Waals surface area contributed by atoms with Gasteiger partial charge in [-0.2, -0.15) is 0 Å². The topological polar surface area (TPSA) is 95.9 Å². The summed E-state index contributed by atoms with van der Waals surface area (Å²) in [6, 6.07) is 9.54. The van der Waals surface area contributed by atoms with Gasteiger partial charge in [-0.1, -0.05) is 74.7 Å². The van der Waals surface area contributed by atoms with E-state index in [4.69, 9.17) is 4.74 Å². The number of ether oxygens (including phenoxy) is 1. The minimum absolute atomic E-state index is 0.203. The van der Waals surface area contributed by atoms with E-state index in [0.29, 0.717) is 18.8 Å². The predicted molar refractivity (Wildman–Crippen MR) is 134 cm³/mol. The maximum Gasteiger partial charge on any atom is 0.331 e. The molecule has 3 N–H and O–H groups in total. The normalized spacial score (nSPS) is 36.1. The van der Waals surface area contributed by atoms with Crippen molar-refractivity contribution in [1.29, 1.82) is 0 Å². The Balaban J connectivity index is 1.81. The molecule has 1 amide bonds. The highest BCUT2D eigenvalue weighted by Crippen LogP contribution is 2.49. The van der Waals surface area contributed by atoms with Crippen LogP contribution in [0.2, 0.25) is 0 Å². The van der Waals surface area contributed by atoms with E-state index in [1.807, 2.05) is 56.3 Å². The molecular formula is C29H37NO5. The Labute approximate surface area is 207 Å². The zero-order valence-corrected chi connectivity index (χ0v) is 20.8. The molecule has 1 aromatic carbocycles. The van der Waals surface area contributed by atoms with Crippen molar-refractivity contribution in [2.24, 2.45) is 17.8 Å². The minimum Gasteiger partial charge on any atom is -0.440 e. The number of esters is 1. The third kappa shape index (κ3) is 5.00. The smallest absolute Gasteiger partial charge is 0.331 e. The first-order chi connectivity index (χ1) is 16.7. The Kier molecular flexibility index (Phi) is 7.62. The Morgan fingerprint density at radius 3 is 2.57 bits per heavy atom. The highest BCUT2D eigenvalue weighted by atomic mass is 16.6. The van der Waals surface area contributed by atoms with Gasteiger partial charge in [0.25, 0.3) is 5.91 Å². The number of amides is 1. The van der Waals surface area contributed by atoms with Gasteiger partial charge in [0.05, 0.1) is 24.2 Å². The first-order valence-corrected chi connectivity index (χ1v) is 12.7. The summed E-state index contributed by atoms with van der Waals surface area (Å²) in [7, 11) is 0. The van der Waals surface area contributed by atoms with Gasteiger partial charge in [-0.3, -0.25) is 4.79 Å². The third-order valence-corrected chi connectivity index (χ3v) is 7.93. The van der Waals surface area contributed by atoms with Crippen LogP contribution in [-0.4, -0.2) is 45.9 Å². The fraction of sp³-hybridized carbons (Fsp3) is 0.517. The molecule has 35 heavy (non-hydrogen) atoms. The van der Waals surface area contributed by atoms with Gasteiger partial charge in [-0.15, -0.1) is 0 Å². The van der Waals surface area contributed by atoms with Gasteiger partial charge in [0.2, 0.25) is 5.60 Å². The molecule has 2 heterocycles. The Bertz CT molecular complexity index is 1030. The van der Waals surface area contributed by atoms with Gasteiger partial charge in [-0.25, -0.2) is 4.79 Å². The Morgan fingerprint density at radius 2 is 1.83 bits per heavy atom. The molecule has 1 fully saturated rings. The van der Waals surface area contributed by atoms with Crippen molar-refractivity contribution in [2.45, 2.75) is 76.7 Å². The summed E-state index contributed by atoms with van der Waals surface area (Å²) in [4.78, 5) is 26.8. The molecule has 6 nitrogen and oxygen atoms in total. The number of carbonyl (C=O) groups excluding carboxylic acids is 2. The zero-order chi connectivity index (χ0) is 25.2. The third-order valence-electron chi connectivity index (χ3n) is 7.93. The second kappa shape index (κ2) is 10.5. The van der Waals surface area contributed by atoms with Crippen molar-refractivity contribution in [1.82, 2.24) is 5.32 Å². The average Bonchev–Trinajstić information content (AvgIpc) is 3.09. The number of rotatable bonds is 2. The van der Waals surface area contributed by atoms with Crippen LogP contribution in [0.15, 0.2) is 65.8 Å². The number of benzene rings is 1. The van der Waals surface area contributed by atoms with Gasteiger partial charge >= 0.3 is 5.97 Å². The summed E-state index contributed by atoms with van der Waals surface area (Å²) >= 11 is 0. The standard InChI is InChI=1S/C29H37NO5/c1-18-9-7-13-22(31)15-16-25(32)35-29-23(14-8-10-18)27(33)20(3)19(2)26(29)24(30-28(29)34)17-21-11-5-4-6-12-21/h4-6,8,11-12,14-16,18,20,22-24,27,31,33H,7,9-10,13,17H2,1-3H3,(H,30,34)/t18-,20-,22+,23+,24-,27-,29+/m0/s1. The van der Waals surface area contributed by atoms with E-state index in [9.17, 15) is 19.8 Å². The molecule has 0 unspecified atom stereocenters. The van der Waals surface area contributed by atoms with E-state index in [1.165, 1.54) is 12.2 Å². The van der Waals surface area contributed by atoms with E-state index in [0.717, 1.165) is 36.0 Å². The van der Waals surface area contributed by atoms with E-state index in [2.05, 4.69) is 12.2 Å². The molecule has 188 valence electrons. The van der Waals surface area contributed by atoms with Crippen molar-refractivity contribution >= 4 is 11.9 Å². The summed E-state index contributed by atoms with van der Waals surface area (Å²) in [6.07, 6.45) is 8.59. The zero-order valence-electron chi connectivity index (χ0n) is 20.8. The lowest BCUT2D eigenvalue weighted by atomic mass is 9.65. The van der Waals surface area contributed by atoms with Gasteiger partial charge < -0.3 is 20.3 Å². The number of hydrogen-bond donors (Lipinski definition) is 3. The molecule has 1 saturated heterocycles. The maximum atomic E-state index is 13.7. The molecule has 1 spiro atoms. The molecule has 3 aliphatic rings. The first-order valence-electron chi connectivity index (χ1n) is 12.7. The summed E-state index contributed by atoms with van der Waals surface area (Å²) in [6.45, 7) is 6.03. The van der Waals surface area contributed by atoms with Crippen molar-refractivity contribution in [2.75, 3.05) is 0 Å². The molecule has 6 heteroatoms. The minimum atomic E-state index is -1.63. The van der Waals surface area contributed by atoms with Crippen LogP contribution >= 0.6 is 0 Å². The fourth-order valence-electron chi connectivity index (χ4n) is 5.82. The molecule has 4 rings (SSSR count). The number of aliphatic hydroxyl groups excluding tert-OH is 2. The lowest BCUT2D eigenvalue weighted by molar-refractivity contribution is -0.167. The Morgan fingerprint density at radius 1 is 1.09 bits per heavy atom. The van der Waals surface area contributed by atoms with Crippen LogP contribution in [0.4, 0.5) is 0 Å². The van der Waals surface area contributed by atoms with Crippen molar-refractivity contribution in [3.8, 4) is 0 Å². The van der Waals surface area contributed by atoms with Crippen LogP contribution in [0.1, 0.15) is 52.0 Å². The monoisotopic (exact) mass is 479 g/mol. The summed E-state index contributed by atoms with van der Waals surface area (Å²) in [5.74, 6) is -1.63. The number of hydrogen-bond acceptors (Lipinski definition) is 5. The van der Waals surface area contributed by atoms with E-state index < -0.39 is 35.6 Å². The summed E-state index contributed by atoms with van der Waals surface area (Å²) < 4.78 is 6.04. The van der Waals surface area contributed by atoms with Crippen molar-refractivity contribution in [3.63, 3.8) is 0 Å². The van der Waals surface area contributed by atoms with Crippen LogP contribution < -0.4 is 5.32 Å². The molecule has 0 radical (unpaired) electrons. The maximum absolute atomic E-state index is 13.7. The fourth-order valence-corrected chi connectivity index (χ4v) is 5.82. The van der Waals surface area contributed by atoms with Crippen LogP contribution in [0.25, 0.3) is 0 Å². The SMILES string of the molecule is CC1=C2[C@H](Cc3ccccc3)NC(=O)[C@]23OC(=O)C=C[C@H](O)CCC[C@H](C)CC=C[C@@H]3[C@@H](O)[C@H]1C. The molecule has 7 atom stereocenters. The second-order valence-electron chi connectivity index (χ2n) is 10.4. The molecule has 0 saturated carbocycles. The molecule has 1 aromatic rings. The highest BCUT2D eigenvalue weighted by Gasteiger charge is 2.63. The van der Waals surface area contributed by atoms with Gasteiger partial charge in [0.1, 0.15) is 0 Å². The van der Waals surface area contributed by atoms with Gasteiger partial charge in [0, 0.05) is 17.6 Å². The molecule has 0 bridgehead atoms. The summed E-state index contributed by atoms with van der Waals surface area (Å²) in [5, 5.41) is 24.7. The van der Waals surface area contributed by atoms with Gasteiger partial charge in [0.15, 0.2) is 0 Å². The molecule has 2 aliphatic heterocycles. The van der Waals surface area contributed by atoms with E-state index in [-0.39, 0.29) is 12.0 Å². The van der Waals surface area contributed by atoms with Crippen molar-refractivity contribution in [3.05, 3.63) is 71.3 Å². The number of allylic oxidation sites excluding steroid dienone is 1. The Hall–Kier alpha value is -2.70. The quantitative estimate of drug-likeness (QED) is 0.445. The summed E-state index contributed by atoms with van der Waals surface area (Å²) in [5.41, 5.74) is 1.03. The second-order valence-corrected chi connectivity index (χ2v) is 10.4.